The molecule has 0 saturated heterocycles. The van der Waals surface area contributed by atoms with Crippen LogP contribution >= 0.6 is 10.0 Å². The Morgan fingerprint density at radius 3 is 2.03 bits per heavy atom. The lowest BCUT2D eigenvalue weighted by atomic mass is 9.41. The van der Waals surface area contributed by atoms with Gasteiger partial charge in [0.25, 0.3) is 0 Å². The molecule has 0 aliphatic heterocycles. The third-order valence-corrected chi connectivity index (χ3v) is 7.49. The molecule has 0 N–H and O–H groups in total. The Morgan fingerprint density at radius 2 is 1.47 bits per heavy atom. The van der Waals surface area contributed by atoms with Crippen LogP contribution < -0.4 is 0 Å². The van der Waals surface area contributed by atoms with Gasteiger partial charge in [-0.3, -0.25) is 4.98 Å². The summed E-state index contributed by atoms with van der Waals surface area (Å²) in [6, 6.07) is 19.2. The molecular formula is C26H31B2NS. The zero-order valence-corrected chi connectivity index (χ0v) is 20.1. The molecule has 1 heterocycles. The van der Waals surface area contributed by atoms with Gasteiger partial charge < -0.3 is 0 Å². The van der Waals surface area contributed by atoms with Gasteiger partial charge in [-0.05, 0) is 70.4 Å². The summed E-state index contributed by atoms with van der Waals surface area (Å²) in [5.74, 6) is 0. The maximum atomic E-state index is 6.68. The number of hydrogen-bond acceptors (Lipinski definition) is 1. The van der Waals surface area contributed by atoms with Gasteiger partial charge in [-0.1, -0.05) is 68.4 Å². The molecule has 0 unspecified atom stereocenters. The van der Waals surface area contributed by atoms with Crippen LogP contribution in [0, 0.1) is 12.3 Å². The second-order valence-corrected chi connectivity index (χ2v) is 14.0. The van der Waals surface area contributed by atoms with E-state index in [0.29, 0.717) is 0 Å². The monoisotopic (exact) mass is 411 g/mol. The van der Waals surface area contributed by atoms with E-state index in [1.54, 1.807) is 0 Å². The molecule has 30 heavy (non-hydrogen) atoms. The van der Waals surface area contributed by atoms with E-state index in [0.717, 1.165) is 16.8 Å². The van der Waals surface area contributed by atoms with E-state index in [1.165, 1.54) is 21.6 Å². The fraction of sp³-hybridized carbons (Fsp3) is 0.346. The first-order valence-electron chi connectivity index (χ1n) is 10.3. The quantitative estimate of drug-likeness (QED) is 0.459. The number of aromatic nitrogens is 1. The van der Waals surface area contributed by atoms with Crippen molar-refractivity contribution >= 4 is 25.7 Å². The SMILES string of the molecule is [B]C([B])(c1cnc(-c2cc(-c3ccccc3)ccc2C)cc1S(C)(C)C)C(C)(C)C. The fourth-order valence-corrected chi connectivity index (χ4v) is 4.86. The third-order valence-electron chi connectivity index (χ3n) is 5.83. The summed E-state index contributed by atoms with van der Waals surface area (Å²) in [6.45, 7) is 8.37. The molecule has 0 bridgehead atoms. The Balaban J connectivity index is 2.19. The molecular weight excluding hydrogens is 380 g/mol. The molecule has 4 heteroatoms. The Morgan fingerprint density at radius 1 is 0.833 bits per heavy atom. The van der Waals surface area contributed by atoms with Gasteiger partial charge in [0.1, 0.15) is 0 Å². The van der Waals surface area contributed by atoms with Crippen molar-refractivity contribution in [1.82, 2.24) is 4.98 Å². The molecule has 0 atom stereocenters. The molecule has 0 saturated carbocycles. The lowest BCUT2D eigenvalue weighted by molar-refractivity contribution is 0.354. The van der Waals surface area contributed by atoms with Crippen LogP contribution in [0.3, 0.4) is 0 Å². The topological polar surface area (TPSA) is 12.9 Å². The van der Waals surface area contributed by atoms with Crippen LogP contribution in [0.15, 0.2) is 65.7 Å². The Bertz CT molecular complexity index is 1040. The smallest absolute Gasteiger partial charge is 0.0715 e. The van der Waals surface area contributed by atoms with E-state index in [4.69, 9.17) is 20.7 Å². The molecule has 3 rings (SSSR count). The zero-order valence-electron chi connectivity index (χ0n) is 19.3. The molecule has 0 spiro atoms. The van der Waals surface area contributed by atoms with Crippen LogP contribution in [0.25, 0.3) is 22.4 Å². The van der Waals surface area contributed by atoms with Gasteiger partial charge in [-0.25, -0.2) is 10.0 Å². The molecule has 0 aliphatic carbocycles. The van der Waals surface area contributed by atoms with Crippen LogP contribution in [0.2, 0.25) is 0 Å². The van der Waals surface area contributed by atoms with E-state index < -0.39 is 15.2 Å². The molecule has 3 aromatic rings. The summed E-state index contributed by atoms with van der Waals surface area (Å²) < 4.78 is 0. The van der Waals surface area contributed by atoms with Crippen molar-refractivity contribution in [2.75, 3.05) is 18.8 Å². The first kappa shape index (κ1) is 22.7. The minimum atomic E-state index is -1.08. The van der Waals surface area contributed by atoms with Gasteiger partial charge in [-0.15, -0.1) is 0 Å². The predicted octanol–water partition coefficient (Wildman–Crippen LogP) is 6.31. The third kappa shape index (κ3) is 4.39. The highest BCUT2D eigenvalue weighted by molar-refractivity contribution is 8.32. The summed E-state index contributed by atoms with van der Waals surface area (Å²) in [4.78, 5) is 6.07. The molecule has 0 fully saturated rings. The second-order valence-electron chi connectivity index (χ2n) is 9.92. The molecule has 0 amide bonds. The first-order chi connectivity index (χ1) is 13.8. The van der Waals surface area contributed by atoms with Crippen molar-refractivity contribution < 1.29 is 0 Å². The molecule has 152 valence electrons. The first-order valence-corrected chi connectivity index (χ1v) is 13.1. The maximum Gasteiger partial charge on any atom is 0.0715 e. The fourth-order valence-electron chi connectivity index (χ4n) is 3.51. The molecule has 2 aromatic carbocycles. The Kier molecular flexibility index (Phi) is 6.04. The van der Waals surface area contributed by atoms with E-state index in [-0.39, 0.29) is 5.41 Å². The van der Waals surface area contributed by atoms with Gasteiger partial charge in [0, 0.05) is 11.8 Å². The van der Waals surface area contributed by atoms with Crippen molar-refractivity contribution in [1.29, 1.82) is 0 Å². The number of benzene rings is 2. The summed E-state index contributed by atoms with van der Waals surface area (Å²) in [5, 5.41) is -0.963. The van der Waals surface area contributed by atoms with E-state index in [2.05, 4.69) is 95.0 Å². The van der Waals surface area contributed by atoms with Crippen molar-refractivity contribution in [3.05, 3.63) is 71.9 Å². The van der Waals surface area contributed by atoms with Crippen LogP contribution in [-0.4, -0.2) is 39.4 Å². The summed E-state index contributed by atoms with van der Waals surface area (Å²) >= 11 is 0. The zero-order chi connectivity index (χ0) is 22.3. The van der Waals surface area contributed by atoms with Gasteiger partial charge in [-0.2, -0.15) is 0 Å². The molecule has 0 aliphatic rings. The van der Waals surface area contributed by atoms with Crippen LogP contribution in [0.4, 0.5) is 0 Å². The number of aryl methyl sites for hydroxylation is 1. The lowest BCUT2D eigenvalue weighted by Gasteiger charge is -2.44. The van der Waals surface area contributed by atoms with Crippen molar-refractivity contribution in [2.24, 2.45) is 5.41 Å². The van der Waals surface area contributed by atoms with Crippen LogP contribution in [0.1, 0.15) is 31.9 Å². The van der Waals surface area contributed by atoms with Gasteiger partial charge in [0.2, 0.25) is 0 Å². The Labute approximate surface area is 186 Å². The maximum absolute atomic E-state index is 6.68. The van der Waals surface area contributed by atoms with Gasteiger partial charge in [0.15, 0.2) is 0 Å². The van der Waals surface area contributed by atoms with Gasteiger partial charge in [0.05, 0.1) is 21.4 Å². The van der Waals surface area contributed by atoms with E-state index in [9.17, 15) is 0 Å². The van der Waals surface area contributed by atoms with E-state index in [1.807, 2.05) is 12.3 Å². The predicted molar refractivity (Wildman–Crippen MR) is 136 cm³/mol. The number of pyridine rings is 1. The highest BCUT2D eigenvalue weighted by Gasteiger charge is 2.36. The van der Waals surface area contributed by atoms with Gasteiger partial charge >= 0.3 is 0 Å². The standard InChI is InChI=1S/C26H31B2NS/c1-18-13-14-20(19-11-9-8-10-12-19)15-21(18)23-16-24(30(5,6)7)22(17-29-23)26(27,28)25(2,3)4/h8-17H,1-7H3. The average Bonchev–Trinajstić information content (AvgIpc) is 2.67. The number of hydrogen-bond donors (Lipinski definition) is 0. The van der Waals surface area contributed by atoms with Crippen molar-refractivity contribution in [3.63, 3.8) is 0 Å². The van der Waals surface area contributed by atoms with Crippen molar-refractivity contribution in [3.8, 4) is 22.4 Å². The highest BCUT2D eigenvalue weighted by Crippen LogP contribution is 2.52. The number of rotatable bonds is 4. The number of nitrogens with zero attached hydrogens (tertiary/aromatic N) is 1. The van der Waals surface area contributed by atoms with Crippen LogP contribution in [-0.2, 0) is 5.21 Å². The normalized spacial score (nSPS) is 13.3. The van der Waals surface area contributed by atoms with Crippen LogP contribution in [0.5, 0.6) is 0 Å². The molecule has 4 radical (unpaired) electrons. The summed E-state index contributed by atoms with van der Waals surface area (Å²) in [7, 11) is 12.3. The van der Waals surface area contributed by atoms with Crippen molar-refractivity contribution in [2.45, 2.75) is 37.8 Å². The minimum Gasteiger partial charge on any atom is -0.256 e. The molecule has 1 nitrogen and oxygen atoms in total. The Hall–Kier alpha value is -1.93. The molecule has 1 aromatic heterocycles. The summed E-state index contributed by atoms with van der Waals surface area (Å²) in [6.07, 6.45) is 8.74. The average molecular weight is 411 g/mol. The second kappa shape index (κ2) is 7.96. The lowest BCUT2D eigenvalue weighted by Crippen LogP contribution is -2.42. The summed E-state index contributed by atoms with van der Waals surface area (Å²) in [5.41, 5.74) is 6.35. The highest BCUT2D eigenvalue weighted by atomic mass is 32.3. The minimum absolute atomic E-state index is 0.293. The largest absolute Gasteiger partial charge is 0.256 e. The van der Waals surface area contributed by atoms with E-state index >= 15 is 0 Å².